The summed E-state index contributed by atoms with van der Waals surface area (Å²) < 4.78 is 16.0. The van der Waals surface area contributed by atoms with Gasteiger partial charge in [-0.1, -0.05) is 18.2 Å². The van der Waals surface area contributed by atoms with Crippen molar-refractivity contribution in [3.8, 4) is 0 Å². The summed E-state index contributed by atoms with van der Waals surface area (Å²) in [5.41, 5.74) is 2.20. The van der Waals surface area contributed by atoms with Crippen molar-refractivity contribution >= 4 is 23.1 Å². The Morgan fingerprint density at radius 3 is 2.23 bits per heavy atom. The molecule has 1 aliphatic heterocycles. The summed E-state index contributed by atoms with van der Waals surface area (Å²) in [6.07, 6.45) is 1.69. The largest absolute Gasteiger partial charge is 0.385 e. The summed E-state index contributed by atoms with van der Waals surface area (Å²) in [6.45, 7) is 3.56. The van der Waals surface area contributed by atoms with Gasteiger partial charge in [-0.05, 0) is 25.0 Å². The van der Waals surface area contributed by atoms with E-state index in [2.05, 4.69) is 15.1 Å². The zero-order valence-electron chi connectivity index (χ0n) is 18.8. The number of methoxy groups -OCH3 is 2. The summed E-state index contributed by atoms with van der Waals surface area (Å²) >= 11 is 0. The fourth-order valence-corrected chi connectivity index (χ4v) is 3.11. The molecule has 168 valence electrons. The van der Waals surface area contributed by atoms with Crippen molar-refractivity contribution in [2.75, 3.05) is 71.0 Å². The highest BCUT2D eigenvalue weighted by Gasteiger charge is 2.33. The van der Waals surface area contributed by atoms with Crippen molar-refractivity contribution < 1.29 is 14.2 Å². The molecule has 1 aromatic carbocycles. The Morgan fingerprint density at radius 1 is 0.968 bits per heavy atom. The average molecular weight is 429 g/mol. The Bertz CT molecular complexity index is 845. The van der Waals surface area contributed by atoms with Crippen molar-refractivity contribution in [2.24, 2.45) is 10.2 Å². The number of ether oxygens (including phenoxy) is 3. The molecule has 1 aliphatic rings. The highest BCUT2D eigenvalue weighted by atomic mass is 16.6. The first-order valence-electron chi connectivity index (χ1n) is 10.5. The number of nitrogens with zero attached hydrogens (tertiary/aromatic N) is 6. The molecule has 1 fully saturated rings. The first-order chi connectivity index (χ1) is 15.1. The molecular formula is C22H32N6O3. The van der Waals surface area contributed by atoms with E-state index in [1.54, 1.807) is 14.2 Å². The SMILES string of the molecule is COCCCN(C)c1nc(C2CO2)c(N=Nc2ccccc2)c(N(C)CCCOC)n1. The first kappa shape index (κ1) is 23.1. The molecule has 2 heterocycles. The highest BCUT2D eigenvalue weighted by molar-refractivity contribution is 5.67. The van der Waals surface area contributed by atoms with E-state index < -0.39 is 0 Å². The summed E-state index contributed by atoms with van der Waals surface area (Å²) in [4.78, 5) is 13.8. The molecule has 3 rings (SSSR count). The second-order valence-electron chi connectivity index (χ2n) is 7.47. The number of epoxide rings is 1. The van der Waals surface area contributed by atoms with Gasteiger partial charge in [-0.2, -0.15) is 10.1 Å². The molecule has 0 N–H and O–H groups in total. The minimum atomic E-state index is -0.0787. The molecule has 1 unspecified atom stereocenters. The molecule has 9 heteroatoms. The minimum Gasteiger partial charge on any atom is -0.385 e. The van der Waals surface area contributed by atoms with Gasteiger partial charge in [0.05, 0.1) is 12.3 Å². The van der Waals surface area contributed by atoms with Crippen LogP contribution in [0.3, 0.4) is 0 Å². The quantitative estimate of drug-likeness (QED) is 0.271. The van der Waals surface area contributed by atoms with E-state index in [1.807, 2.05) is 49.3 Å². The summed E-state index contributed by atoms with van der Waals surface area (Å²) in [5, 5.41) is 9.00. The molecule has 0 aliphatic carbocycles. The van der Waals surface area contributed by atoms with Crippen LogP contribution in [0.15, 0.2) is 40.6 Å². The fourth-order valence-electron chi connectivity index (χ4n) is 3.11. The molecule has 31 heavy (non-hydrogen) atoms. The van der Waals surface area contributed by atoms with E-state index in [1.165, 1.54) is 0 Å². The molecule has 0 saturated carbocycles. The van der Waals surface area contributed by atoms with Gasteiger partial charge in [0.2, 0.25) is 5.95 Å². The van der Waals surface area contributed by atoms with Crippen LogP contribution < -0.4 is 9.80 Å². The van der Waals surface area contributed by atoms with E-state index >= 15 is 0 Å². The second kappa shape index (κ2) is 11.7. The highest BCUT2D eigenvalue weighted by Crippen LogP contribution is 2.41. The van der Waals surface area contributed by atoms with Gasteiger partial charge in [0, 0.05) is 54.6 Å². The van der Waals surface area contributed by atoms with Gasteiger partial charge in [-0.3, -0.25) is 0 Å². The van der Waals surface area contributed by atoms with Crippen LogP contribution in [0.4, 0.5) is 23.1 Å². The fraction of sp³-hybridized carbons (Fsp3) is 0.545. The van der Waals surface area contributed by atoms with Crippen molar-refractivity contribution in [3.05, 3.63) is 36.0 Å². The smallest absolute Gasteiger partial charge is 0.227 e. The number of hydrogen-bond donors (Lipinski definition) is 0. The van der Waals surface area contributed by atoms with Crippen LogP contribution in [0.2, 0.25) is 0 Å². The van der Waals surface area contributed by atoms with Crippen molar-refractivity contribution in [1.29, 1.82) is 0 Å². The molecule has 0 spiro atoms. The van der Waals surface area contributed by atoms with Crippen molar-refractivity contribution in [1.82, 2.24) is 9.97 Å². The van der Waals surface area contributed by atoms with Crippen molar-refractivity contribution in [3.63, 3.8) is 0 Å². The lowest BCUT2D eigenvalue weighted by Crippen LogP contribution is -2.26. The van der Waals surface area contributed by atoms with Crippen LogP contribution in [-0.2, 0) is 14.2 Å². The third kappa shape index (κ3) is 6.68. The van der Waals surface area contributed by atoms with Gasteiger partial charge in [0.1, 0.15) is 11.8 Å². The number of anilines is 2. The maximum Gasteiger partial charge on any atom is 0.227 e. The number of rotatable bonds is 13. The summed E-state index contributed by atoms with van der Waals surface area (Å²) in [5.74, 6) is 1.39. The monoisotopic (exact) mass is 428 g/mol. The molecule has 1 atom stereocenters. The van der Waals surface area contributed by atoms with E-state index in [0.29, 0.717) is 31.5 Å². The lowest BCUT2D eigenvalue weighted by molar-refractivity contribution is 0.196. The van der Waals surface area contributed by atoms with Gasteiger partial charge in [0.25, 0.3) is 0 Å². The normalized spacial score (nSPS) is 15.4. The predicted molar refractivity (Wildman–Crippen MR) is 121 cm³/mol. The lowest BCUT2D eigenvalue weighted by atomic mass is 10.2. The summed E-state index contributed by atoms with van der Waals surface area (Å²) in [6, 6.07) is 9.65. The van der Waals surface area contributed by atoms with Gasteiger partial charge >= 0.3 is 0 Å². The van der Waals surface area contributed by atoms with Crippen LogP contribution in [-0.4, -0.2) is 71.2 Å². The summed E-state index contributed by atoms with van der Waals surface area (Å²) in [7, 11) is 7.41. The van der Waals surface area contributed by atoms with E-state index in [4.69, 9.17) is 24.2 Å². The van der Waals surface area contributed by atoms with Gasteiger partial charge in [0.15, 0.2) is 11.5 Å². The van der Waals surface area contributed by atoms with Crippen LogP contribution in [0.5, 0.6) is 0 Å². The van der Waals surface area contributed by atoms with Gasteiger partial charge in [-0.25, -0.2) is 4.98 Å². The molecular weight excluding hydrogens is 396 g/mol. The molecule has 9 nitrogen and oxygen atoms in total. The molecule has 1 aromatic heterocycles. The number of hydrogen-bond acceptors (Lipinski definition) is 9. The van der Waals surface area contributed by atoms with Crippen LogP contribution in [0, 0.1) is 0 Å². The second-order valence-corrected chi connectivity index (χ2v) is 7.47. The Labute approximate surface area is 184 Å². The maximum atomic E-state index is 5.58. The maximum absolute atomic E-state index is 5.58. The molecule has 0 amide bonds. The molecule has 2 aromatic rings. The number of azo groups is 1. The number of aromatic nitrogens is 2. The zero-order valence-corrected chi connectivity index (χ0v) is 18.8. The molecule has 1 saturated heterocycles. The van der Waals surface area contributed by atoms with E-state index in [-0.39, 0.29) is 6.10 Å². The zero-order chi connectivity index (χ0) is 22.1. The average Bonchev–Trinajstić information content (AvgIpc) is 3.63. The van der Waals surface area contributed by atoms with Crippen LogP contribution >= 0.6 is 0 Å². The lowest BCUT2D eigenvalue weighted by Gasteiger charge is -2.24. The van der Waals surface area contributed by atoms with Crippen molar-refractivity contribution in [2.45, 2.75) is 18.9 Å². The first-order valence-corrected chi connectivity index (χ1v) is 10.5. The van der Waals surface area contributed by atoms with E-state index in [0.717, 1.165) is 43.1 Å². The third-order valence-corrected chi connectivity index (χ3v) is 4.93. The van der Waals surface area contributed by atoms with Crippen LogP contribution in [0.1, 0.15) is 24.6 Å². The van der Waals surface area contributed by atoms with Gasteiger partial charge < -0.3 is 24.0 Å². The molecule has 0 radical (unpaired) electrons. The minimum absolute atomic E-state index is 0.0787. The number of benzene rings is 1. The predicted octanol–water partition coefficient (Wildman–Crippen LogP) is 3.91. The third-order valence-electron chi connectivity index (χ3n) is 4.93. The topological polar surface area (TPSA) is 88.0 Å². The Hall–Kier alpha value is -2.62. The standard InChI is InChI=1S/C22H32N6O3/c1-27(12-8-14-29-3)21-20(26-25-17-10-6-5-7-11-17)19(18-16-31-18)23-22(24-21)28(2)13-9-15-30-4/h5-7,10-11,18H,8-9,12-16H2,1-4H3. The van der Waals surface area contributed by atoms with E-state index in [9.17, 15) is 0 Å². The van der Waals surface area contributed by atoms with Gasteiger partial charge in [-0.15, -0.1) is 5.11 Å². The Morgan fingerprint density at radius 2 is 1.61 bits per heavy atom. The van der Waals surface area contributed by atoms with Crippen LogP contribution in [0.25, 0.3) is 0 Å². The molecule has 0 bridgehead atoms. The Kier molecular flexibility index (Phi) is 8.69. The Balaban J connectivity index is 1.96.